The van der Waals surface area contributed by atoms with Gasteiger partial charge in [0.25, 0.3) is 5.91 Å². The van der Waals surface area contributed by atoms with Crippen LogP contribution >= 0.6 is 11.8 Å². The Morgan fingerprint density at radius 1 is 1.05 bits per heavy atom. The molecule has 0 aliphatic carbocycles. The number of amidine groups is 1. The predicted molar refractivity (Wildman–Crippen MR) is 154 cm³/mol. The topological polar surface area (TPSA) is 50.1 Å². The number of aryl methyl sites for hydroxylation is 3. The first-order chi connectivity index (χ1) is 17.9. The van der Waals surface area contributed by atoms with Crippen LogP contribution in [0, 0.1) is 20.8 Å². The molecule has 0 radical (unpaired) electrons. The summed E-state index contributed by atoms with van der Waals surface area (Å²) in [4.78, 5) is 22.6. The lowest BCUT2D eigenvalue weighted by Gasteiger charge is -2.28. The van der Waals surface area contributed by atoms with Crippen LogP contribution in [0.5, 0.6) is 0 Å². The van der Waals surface area contributed by atoms with Gasteiger partial charge in [-0.25, -0.2) is 4.99 Å². The van der Waals surface area contributed by atoms with Gasteiger partial charge in [0, 0.05) is 37.2 Å². The SMILES string of the molecule is CCc1cccc(C)c1-n1c(C)cc(/C=C2\SC(=Nc3ccc(N4CCOCC4)cc3)N(C)C2=O)c1C. The molecule has 2 aromatic carbocycles. The van der Waals surface area contributed by atoms with Crippen LogP contribution in [0.3, 0.4) is 0 Å². The van der Waals surface area contributed by atoms with Crippen molar-refractivity contribution in [2.75, 3.05) is 38.3 Å². The van der Waals surface area contributed by atoms with Crippen LogP contribution in [0.1, 0.15) is 35.0 Å². The Labute approximate surface area is 223 Å². The van der Waals surface area contributed by atoms with E-state index in [1.54, 1.807) is 11.9 Å². The fraction of sp³-hybridized carbons (Fsp3) is 0.333. The number of hydrogen-bond acceptors (Lipinski definition) is 5. The van der Waals surface area contributed by atoms with Gasteiger partial charge in [-0.2, -0.15) is 0 Å². The standard InChI is InChI=1S/C30H34N4O2S/c1-6-23-9-7-8-20(2)28(23)34-21(3)18-24(22(34)4)19-27-29(35)32(5)30(37-27)31-25-10-12-26(13-11-25)33-14-16-36-17-15-33/h7-13,18-19H,6,14-17H2,1-5H3/b27-19-,31-30?. The van der Waals surface area contributed by atoms with Crippen molar-refractivity contribution in [3.63, 3.8) is 0 Å². The number of carbonyl (C=O) groups is 1. The third kappa shape index (κ3) is 4.98. The number of benzene rings is 2. The first-order valence-corrected chi connectivity index (χ1v) is 13.7. The van der Waals surface area contributed by atoms with Gasteiger partial charge in [-0.05, 0) is 92.1 Å². The monoisotopic (exact) mass is 514 g/mol. The Balaban J connectivity index is 1.41. The number of likely N-dealkylation sites (N-methyl/N-ethyl adjacent to an activating group) is 1. The average Bonchev–Trinajstić information content (AvgIpc) is 3.33. The number of aliphatic imine (C=N–C) groups is 1. The van der Waals surface area contributed by atoms with Gasteiger partial charge in [-0.3, -0.25) is 9.69 Å². The summed E-state index contributed by atoms with van der Waals surface area (Å²) in [6.07, 6.45) is 2.98. The quantitative estimate of drug-likeness (QED) is 0.390. The highest BCUT2D eigenvalue weighted by molar-refractivity contribution is 8.18. The van der Waals surface area contributed by atoms with Gasteiger partial charge >= 0.3 is 0 Å². The molecule has 0 atom stereocenters. The normalized spacial score (nSPS) is 18.5. The Morgan fingerprint density at radius 2 is 1.78 bits per heavy atom. The van der Waals surface area contributed by atoms with E-state index in [1.807, 2.05) is 18.2 Å². The lowest BCUT2D eigenvalue weighted by Crippen LogP contribution is -2.36. The van der Waals surface area contributed by atoms with Gasteiger partial charge in [0.05, 0.1) is 29.5 Å². The lowest BCUT2D eigenvalue weighted by atomic mass is 10.1. The summed E-state index contributed by atoms with van der Waals surface area (Å²) in [7, 11) is 1.79. The van der Waals surface area contributed by atoms with E-state index in [4.69, 9.17) is 9.73 Å². The van der Waals surface area contributed by atoms with E-state index in [0.717, 1.165) is 55.4 Å². The summed E-state index contributed by atoms with van der Waals surface area (Å²) in [5.74, 6) is -0.0244. The van der Waals surface area contributed by atoms with Gasteiger partial charge in [0.15, 0.2) is 5.17 Å². The Bertz CT molecular complexity index is 1380. The predicted octanol–water partition coefficient (Wildman–Crippen LogP) is 6.04. The molecule has 37 heavy (non-hydrogen) atoms. The molecule has 2 fully saturated rings. The summed E-state index contributed by atoms with van der Waals surface area (Å²) in [5, 5.41) is 0.691. The highest BCUT2D eigenvalue weighted by Gasteiger charge is 2.31. The molecule has 1 aromatic heterocycles. The molecule has 6 nitrogen and oxygen atoms in total. The average molecular weight is 515 g/mol. The van der Waals surface area contributed by atoms with Crippen molar-refractivity contribution in [3.8, 4) is 5.69 Å². The summed E-state index contributed by atoms with van der Waals surface area (Å²) >= 11 is 1.43. The summed E-state index contributed by atoms with van der Waals surface area (Å²) in [6.45, 7) is 11.9. The Morgan fingerprint density at radius 3 is 2.49 bits per heavy atom. The van der Waals surface area contributed by atoms with Gasteiger partial charge in [0.1, 0.15) is 0 Å². The molecular weight excluding hydrogens is 480 g/mol. The van der Waals surface area contributed by atoms with E-state index in [2.05, 4.69) is 73.6 Å². The van der Waals surface area contributed by atoms with E-state index in [1.165, 1.54) is 34.3 Å². The van der Waals surface area contributed by atoms with Crippen LogP contribution in [0.4, 0.5) is 11.4 Å². The molecule has 5 rings (SSSR count). The minimum absolute atomic E-state index is 0.0244. The summed E-state index contributed by atoms with van der Waals surface area (Å²) in [5.41, 5.74) is 9.18. The maximum atomic E-state index is 13.1. The largest absolute Gasteiger partial charge is 0.378 e. The van der Waals surface area contributed by atoms with Crippen LogP contribution in [0.25, 0.3) is 11.8 Å². The number of morpholine rings is 1. The minimum Gasteiger partial charge on any atom is -0.378 e. The molecule has 7 heteroatoms. The molecule has 1 amide bonds. The number of carbonyl (C=O) groups excluding carboxylic acids is 1. The zero-order chi connectivity index (χ0) is 26.1. The zero-order valence-electron chi connectivity index (χ0n) is 22.2. The molecule has 2 saturated heterocycles. The third-order valence-electron chi connectivity index (χ3n) is 7.14. The molecule has 2 aliphatic rings. The summed E-state index contributed by atoms with van der Waals surface area (Å²) in [6, 6.07) is 16.9. The molecule has 0 spiro atoms. The second-order valence-corrected chi connectivity index (χ2v) is 10.6. The molecule has 192 valence electrons. The van der Waals surface area contributed by atoms with Crippen molar-refractivity contribution < 1.29 is 9.53 Å². The number of nitrogens with zero attached hydrogens (tertiary/aromatic N) is 4. The number of aromatic nitrogens is 1. The van der Waals surface area contributed by atoms with Crippen molar-refractivity contribution in [2.45, 2.75) is 34.1 Å². The molecule has 0 bridgehead atoms. The molecule has 0 saturated carbocycles. The van der Waals surface area contributed by atoms with E-state index < -0.39 is 0 Å². The van der Waals surface area contributed by atoms with Crippen molar-refractivity contribution in [1.29, 1.82) is 0 Å². The van der Waals surface area contributed by atoms with E-state index in [9.17, 15) is 4.79 Å². The second-order valence-electron chi connectivity index (χ2n) is 9.58. The molecule has 3 aromatic rings. The Kier molecular flexibility index (Phi) is 7.26. The molecular formula is C30H34N4O2S. The van der Waals surface area contributed by atoms with Gasteiger partial charge in [0.2, 0.25) is 0 Å². The van der Waals surface area contributed by atoms with Crippen molar-refractivity contribution in [3.05, 3.63) is 81.5 Å². The van der Waals surface area contributed by atoms with Crippen LogP contribution < -0.4 is 4.90 Å². The highest BCUT2D eigenvalue weighted by Crippen LogP contribution is 2.35. The number of ether oxygens (including phenoxy) is 1. The van der Waals surface area contributed by atoms with E-state index in [0.29, 0.717) is 10.1 Å². The number of anilines is 1. The molecule has 2 aliphatic heterocycles. The zero-order valence-corrected chi connectivity index (χ0v) is 23.1. The number of amides is 1. The first-order valence-electron chi connectivity index (χ1n) is 12.8. The molecule has 0 unspecified atom stereocenters. The van der Waals surface area contributed by atoms with Crippen LogP contribution in [-0.2, 0) is 16.0 Å². The van der Waals surface area contributed by atoms with Crippen molar-refractivity contribution in [2.24, 2.45) is 4.99 Å². The maximum Gasteiger partial charge on any atom is 0.266 e. The van der Waals surface area contributed by atoms with Gasteiger partial charge in [-0.15, -0.1) is 0 Å². The third-order valence-corrected chi connectivity index (χ3v) is 8.20. The van der Waals surface area contributed by atoms with Crippen LogP contribution in [0.2, 0.25) is 0 Å². The van der Waals surface area contributed by atoms with E-state index >= 15 is 0 Å². The molecule has 3 heterocycles. The number of rotatable bonds is 5. The fourth-order valence-electron chi connectivity index (χ4n) is 5.07. The van der Waals surface area contributed by atoms with Crippen molar-refractivity contribution in [1.82, 2.24) is 9.47 Å². The van der Waals surface area contributed by atoms with Crippen molar-refractivity contribution >= 4 is 40.3 Å². The van der Waals surface area contributed by atoms with Crippen LogP contribution in [0.15, 0.2) is 58.4 Å². The number of hydrogen-bond donors (Lipinski definition) is 0. The van der Waals surface area contributed by atoms with Crippen LogP contribution in [-0.4, -0.2) is 53.9 Å². The highest BCUT2D eigenvalue weighted by atomic mass is 32.2. The lowest BCUT2D eigenvalue weighted by molar-refractivity contribution is -0.121. The minimum atomic E-state index is -0.0244. The Hall–Kier alpha value is -3.29. The second kappa shape index (κ2) is 10.6. The number of para-hydroxylation sites is 1. The van der Waals surface area contributed by atoms with Gasteiger partial charge in [-0.1, -0.05) is 25.1 Å². The smallest absolute Gasteiger partial charge is 0.266 e. The number of thioether (sulfide) groups is 1. The molecule has 0 N–H and O–H groups in total. The van der Waals surface area contributed by atoms with Gasteiger partial charge < -0.3 is 14.2 Å². The first kappa shape index (κ1) is 25.4. The maximum absolute atomic E-state index is 13.1. The summed E-state index contributed by atoms with van der Waals surface area (Å²) < 4.78 is 7.77. The fourth-order valence-corrected chi connectivity index (χ4v) is 6.04. The van der Waals surface area contributed by atoms with E-state index in [-0.39, 0.29) is 5.91 Å².